The van der Waals surface area contributed by atoms with E-state index in [-0.39, 0.29) is 24.8 Å². The van der Waals surface area contributed by atoms with E-state index in [2.05, 4.69) is 10.0 Å². The maximum atomic E-state index is 13.0. The van der Waals surface area contributed by atoms with Gasteiger partial charge in [-0.25, -0.2) is 17.9 Å². The zero-order chi connectivity index (χ0) is 20.5. The summed E-state index contributed by atoms with van der Waals surface area (Å²) in [5.41, 5.74) is -1.21. The highest BCUT2D eigenvalue weighted by molar-refractivity contribution is 7.90. The Morgan fingerprint density at radius 3 is 2.19 bits per heavy atom. The number of hydrogen-bond donors (Lipinski definition) is 2. The van der Waals surface area contributed by atoms with Crippen LogP contribution in [0.5, 0.6) is 0 Å². The van der Waals surface area contributed by atoms with Crippen LogP contribution in [0.3, 0.4) is 0 Å². The maximum Gasteiger partial charge on any atom is 0.418 e. The van der Waals surface area contributed by atoms with Crippen LogP contribution in [0.2, 0.25) is 0 Å². The molecule has 1 fully saturated rings. The molecular weight excluding hydrogens is 383 g/mol. The average molecular weight is 407 g/mol. The maximum absolute atomic E-state index is 13.0. The molecule has 1 aromatic rings. The Kier molecular flexibility index (Phi) is 6.10. The van der Waals surface area contributed by atoms with Crippen molar-refractivity contribution < 1.29 is 26.4 Å². The third-order valence-electron chi connectivity index (χ3n) is 4.38. The van der Waals surface area contributed by atoms with Crippen LogP contribution in [0.4, 0.5) is 23.7 Å². The van der Waals surface area contributed by atoms with Crippen molar-refractivity contribution in [2.45, 2.75) is 50.6 Å². The molecule has 10 heteroatoms. The normalized spacial score (nSPS) is 17.0. The molecule has 0 saturated carbocycles. The van der Waals surface area contributed by atoms with Gasteiger partial charge in [0.2, 0.25) is 10.0 Å². The van der Waals surface area contributed by atoms with Gasteiger partial charge in [0.15, 0.2) is 0 Å². The summed E-state index contributed by atoms with van der Waals surface area (Å²) in [7, 11) is -3.50. The van der Waals surface area contributed by atoms with Crippen molar-refractivity contribution in [3.05, 3.63) is 29.8 Å². The van der Waals surface area contributed by atoms with Gasteiger partial charge < -0.3 is 10.2 Å². The number of amides is 2. The predicted octanol–water partition coefficient (Wildman–Crippen LogP) is 3.42. The van der Waals surface area contributed by atoms with E-state index in [0.29, 0.717) is 12.8 Å². The molecule has 1 saturated heterocycles. The third-order valence-corrected chi connectivity index (χ3v) is 6.64. The van der Waals surface area contributed by atoms with E-state index in [4.69, 9.17) is 0 Å². The molecule has 2 rings (SSSR count). The monoisotopic (exact) mass is 407 g/mol. The molecule has 0 aliphatic carbocycles. The number of urea groups is 1. The number of piperidine rings is 1. The van der Waals surface area contributed by atoms with Crippen LogP contribution in [0.15, 0.2) is 24.3 Å². The molecular formula is C17H24F3N3O3S. The van der Waals surface area contributed by atoms with Crippen molar-refractivity contribution in [3.8, 4) is 0 Å². The second-order valence-electron chi connectivity index (χ2n) is 7.47. The van der Waals surface area contributed by atoms with Crippen LogP contribution in [0, 0.1) is 0 Å². The van der Waals surface area contributed by atoms with Gasteiger partial charge in [-0.3, -0.25) is 0 Å². The SMILES string of the molecule is CC(C)(C)S(=O)(=O)NC1CCN(C(=O)Nc2ccccc2C(F)(F)F)CC1. The molecule has 1 aliphatic heterocycles. The summed E-state index contributed by atoms with van der Waals surface area (Å²) in [5, 5.41) is 2.30. The number of carbonyl (C=O) groups is 1. The van der Waals surface area contributed by atoms with E-state index in [0.717, 1.165) is 6.07 Å². The fourth-order valence-corrected chi connectivity index (χ4v) is 3.66. The molecule has 2 amide bonds. The number of carbonyl (C=O) groups excluding carboxylic acids is 1. The first-order valence-corrected chi connectivity index (χ1v) is 10.0. The number of likely N-dealkylation sites (tertiary alicyclic amines) is 1. The van der Waals surface area contributed by atoms with Gasteiger partial charge in [-0.2, -0.15) is 13.2 Å². The van der Waals surface area contributed by atoms with Crippen LogP contribution in [0.25, 0.3) is 0 Å². The van der Waals surface area contributed by atoms with E-state index >= 15 is 0 Å². The van der Waals surface area contributed by atoms with E-state index in [1.165, 1.54) is 23.1 Å². The lowest BCUT2D eigenvalue weighted by atomic mass is 10.1. The summed E-state index contributed by atoms with van der Waals surface area (Å²) in [6.07, 6.45) is -3.78. The topological polar surface area (TPSA) is 78.5 Å². The molecule has 0 aromatic heterocycles. The van der Waals surface area contributed by atoms with E-state index in [1.54, 1.807) is 20.8 Å². The number of sulfonamides is 1. The highest BCUT2D eigenvalue weighted by Gasteiger charge is 2.35. The summed E-state index contributed by atoms with van der Waals surface area (Å²) >= 11 is 0. The molecule has 27 heavy (non-hydrogen) atoms. The van der Waals surface area contributed by atoms with Gasteiger partial charge in [-0.05, 0) is 45.7 Å². The first kappa shape index (κ1) is 21.5. The minimum Gasteiger partial charge on any atom is -0.324 e. The number of anilines is 1. The Morgan fingerprint density at radius 2 is 1.67 bits per heavy atom. The van der Waals surface area contributed by atoms with Crippen molar-refractivity contribution >= 4 is 21.7 Å². The first-order chi connectivity index (χ1) is 12.3. The fourth-order valence-electron chi connectivity index (χ4n) is 2.63. The number of nitrogens with one attached hydrogen (secondary N) is 2. The average Bonchev–Trinajstić information content (AvgIpc) is 2.53. The van der Waals surface area contributed by atoms with Crippen molar-refractivity contribution in [2.75, 3.05) is 18.4 Å². The highest BCUT2D eigenvalue weighted by Crippen LogP contribution is 2.34. The van der Waals surface area contributed by atoms with Gasteiger partial charge in [0.1, 0.15) is 0 Å². The number of benzene rings is 1. The first-order valence-electron chi connectivity index (χ1n) is 8.55. The molecule has 0 bridgehead atoms. The zero-order valence-corrected chi connectivity index (χ0v) is 16.2. The van der Waals surface area contributed by atoms with E-state index < -0.39 is 32.5 Å². The Balaban J connectivity index is 1.97. The van der Waals surface area contributed by atoms with Gasteiger partial charge in [0.25, 0.3) is 0 Å². The molecule has 152 valence electrons. The molecule has 0 atom stereocenters. The number of nitrogens with zero attached hydrogens (tertiary/aromatic N) is 1. The summed E-state index contributed by atoms with van der Waals surface area (Å²) in [4.78, 5) is 13.7. The number of alkyl halides is 3. The van der Waals surface area contributed by atoms with Crippen molar-refractivity contribution in [3.63, 3.8) is 0 Å². The summed E-state index contributed by atoms with van der Waals surface area (Å²) in [5.74, 6) is 0. The largest absolute Gasteiger partial charge is 0.418 e. The predicted molar refractivity (Wildman–Crippen MR) is 96.9 cm³/mol. The minimum atomic E-state index is -4.57. The lowest BCUT2D eigenvalue weighted by molar-refractivity contribution is -0.136. The minimum absolute atomic E-state index is 0.247. The second kappa shape index (κ2) is 7.67. The van der Waals surface area contributed by atoms with Gasteiger partial charge in [0, 0.05) is 19.1 Å². The Labute approximate surface area is 157 Å². The number of hydrogen-bond acceptors (Lipinski definition) is 3. The van der Waals surface area contributed by atoms with Crippen LogP contribution >= 0.6 is 0 Å². The standard InChI is InChI=1S/C17H24F3N3O3S/c1-16(2,3)27(25,26)22-12-8-10-23(11-9-12)15(24)21-14-7-5-4-6-13(14)17(18,19)20/h4-7,12,22H,8-11H2,1-3H3,(H,21,24). The summed E-state index contributed by atoms with van der Waals surface area (Å²) in [6, 6.07) is 3.84. The van der Waals surface area contributed by atoms with E-state index in [9.17, 15) is 26.4 Å². The molecule has 0 spiro atoms. The second-order valence-corrected chi connectivity index (χ2v) is 9.94. The van der Waals surface area contributed by atoms with E-state index in [1.807, 2.05) is 0 Å². The quantitative estimate of drug-likeness (QED) is 0.806. The van der Waals surface area contributed by atoms with Gasteiger partial charge in [0.05, 0.1) is 16.0 Å². The zero-order valence-electron chi connectivity index (χ0n) is 15.4. The smallest absolute Gasteiger partial charge is 0.324 e. The highest BCUT2D eigenvalue weighted by atomic mass is 32.2. The van der Waals surface area contributed by atoms with Crippen LogP contribution < -0.4 is 10.0 Å². The molecule has 6 nitrogen and oxygen atoms in total. The van der Waals surface area contributed by atoms with Crippen molar-refractivity contribution in [1.29, 1.82) is 0 Å². The fraction of sp³-hybridized carbons (Fsp3) is 0.588. The summed E-state index contributed by atoms with van der Waals surface area (Å²) < 4.78 is 65.1. The van der Waals surface area contributed by atoms with Crippen LogP contribution in [0.1, 0.15) is 39.2 Å². The Hall–Kier alpha value is -1.81. The molecule has 1 aromatic carbocycles. The number of halogens is 3. The van der Waals surface area contributed by atoms with Crippen molar-refractivity contribution in [2.24, 2.45) is 0 Å². The molecule has 0 radical (unpaired) electrons. The van der Waals surface area contributed by atoms with Gasteiger partial charge in [-0.1, -0.05) is 12.1 Å². The number of rotatable bonds is 3. The molecule has 2 N–H and O–H groups in total. The lowest BCUT2D eigenvalue weighted by Gasteiger charge is -2.34. The van der Waals surface area contributed by atoms with Gasteiger partial charge >= 0.3 is 12.2 Å². The van der Waals surface area contributed by atoms with Crippen LogP contribution in [-0.2, 0) is 16.2 Å². The Bertz CT molecular complexity index is 781. The summed E-state index contributed by atoms with van der Waals surface area (Å²) in [6.45, 7) is 5.27. The Morgan fingerprint density at radius 1 is 1.11 bits per heavy atom. The number of para-hydroxylation sites is 1. The molecule has 1 aliphatic rings. The third kappa shape index (κ3) is 5.35. The molecule has 1 heterocycles. The van der Waals surface area contributed by atoms with Crippen LogP contribution in [-0.4, -0.2) is 43.2 Å². The lowest BCUT2D eigenvalue weighted by Crippen LogP contribution is -2.50. The molecule has 0 unspecified atom stereocenters. The van der Waals surface area contributed by atoms with Crippen molar-refractivity contribution in [1.82, 2.24) is 9.62 Å². The van der Waals surface area contributed by atoms with Gasteiger partial charge in [-0.15, -0.1) is 0 Å².